The summed E-state index contributed by atoms with van der Waals surface area (Å²) in [6, 6.07) is 9.84. The number of allylic oxidation sites excluding steroid dienone is 3. The van der Waals surface area contributed by atoms with Crippen molar-refractivity contribution < 1.29 is 9.68 Å². The van der Waals surface area contributed by atoms with Crippen LogP contribution in [0.1, 0.15) is 12.5 Å². The zero-order valence-corrected chi connectivity index (χ0v) is 10.1. The number of hydrogen-bond donors (Lipinski definition) is 1. The predicted molar refractivity (Wildman–Crippen MR) is 69.0 cm³/mol. The maximum atomic E-state index is 9.84. The molecule has 0 aliphatic carbocycles. The zero-order valence-electron chi connectivity index (χ0n) is 10.1. The van der Waals surface area contributed by atoms with Gasteiger partial charge in [-0.05, 0) is 18.1 Å². The van der Waals surface area contributed by atoms with Gasteiger partial charge in [0.25, 0.3) is 0 Å². The summed E-state index contributed by atoms with van der Waals surface area (Å²) in [6.07, 6.45) is 1.67. The van der Waals surface area contributed by atoms with E-state index in [2.05, 4.69) is 6.58 Å². The van der Waals surface area contributed by atoms with Gasteiger partial charge in [-0.1, -0.05) is 36.9 Å². The van der Waals surface area contributed by atoms with Crippen LogP contribution in [0.2, 0.25) is 0 Å². The molecule has 0 saturated heterocycles. The summed E-state index contributed by atoms with van der Waals surface area (Å²) in [5, 5.41) is 9.84. The minimum Gasteiger partial charge on any atom is -0.503 e. The first-order valence-electron chi connectivity index (χ1n) is 5.18. The first-order chi connectivity index (χ1) is 7.52. The van der Waals surface area contributed by atoms with E-state index in [1.165, 1.54) is 0 Å². The molecule has 0 amide bonds. The largest absolute Gasteiger partial charge is 0.503 e. The van der Waals surface area contributed by atoms with Gasteiger partial charge in [-0.15, -0.1) is 0 Å². The summed E-state index contributed by atoms with van der Waals surface area (Å²) in [6.45, 7) is 5.86. The number of benzene rings is 1. The van der Waals surface area contributed by atoms with Crippen LogP contribution in [0.4, 0.5) is 0 Å². The summed E-state index contributed by atoms with van der Waals surface area (Å²) < 4.78 is 1.80. The Bertz CT molecular complexity index is 437. The molecule has 0 spiro atoms. The highest BCUT2D eigenvalue weighted by atomic mass is 16.3. The molecule has 1 N–H and O–H groups in total. The number of aliphatic hydroxyl groups is 1. The molecular formula is C14H18NO+. The van der Waals surface area contributed by atoms with Crippen LogP contribution in [0.5, 0.6) is 0 Å². The van der Waals surface area contributed by atoms with E-state index in [-0.39, 0.29) is 5.76 Å². The lowest BCUT2D eigenvalue weighted by atomic mass is 10.00. The van der Waals surface area contributed by atoms with Gasteiger partial charge in [0.1, 0.15) is 14.1 Å². The lowest BCUT2D eigenvalue weighted by Gasteiger charge is -2.06. The molecule has 0 aliphatic rings. The lowest BCUT2D eigenvalue weighted by molar-refractivity contribution is -0.459. The van der Waals surface area contributed by atoms with Crippen LogP contribution in [-0.2, 0) is 0 Å². The Labute approximate surface area is 96.9 Å². The van der Waals surface area contributed by atoms with Gasteiger partial charge in [0, 0.05) is 5.57 Å². The van der Waals surface area contributed by atoms with Gasteiger partial charge in [-0.25, -0.2) is 4.58 Å². The van der Waals surface area contributed by atoms with Crippen LogP contribution in [0.15, 0.2) is 48.2 Å². The third-order valence-corrected chi connectivity index (χ3v) is 2.34. The second-order valence-electron chi connectivity index (χ2n) is 3.95. The van der Waals surface area contributed by atoms with Crippen LogP contribution in [-0.4, -0.2) is 30.0 Å². The minimum absolute atomic E-state index is 0.249. The second kappa shape index (κ2) is 5.31. The first kappa shape index (κ1) is 12.2. The standard InChI is InChI=1S/C14H17NO/c1-11(13-8-6-5-7-9-13)12(2)14(16)10-15(3)4/h5-10H,1H2,2-4H3/p+1/b14-12+. The number of aliphatic hydroxyl groups excluding tert-OH is 1. The van der Waals surface area contributed by atoms with Crippen LogP contribution >= 0.6 is 0 Å². The maximum absolute atomic E-state index is 9.84. The fraction of sp³-hybridized carbons (Fsp3) is 0.214. The Hall–Kier alpha value is -1.83. The molecule has 2 heteroatoms. The Morgan fingerprint density at radius 2 is 1.81 bits per heavy atom. The molecule has 2 nitrogen and oxygen atoms in total. The quantitative estimate of drug-likeness (QED) is 0.357. The van der Waals surface area contributed by atoms with Crippen LogP contribution in [0.25, 0.3) is 5.57 Å². The van der Waals surface area contributed by atoms with Gasteiger partial charge in [0.05, 0.1) is 0 Å². The van der Waals surface area contributed by atoms with Crippen LogP contribution in [0, 0.1) is 0 Å². The first-order valence-corrected chi connectivity index (χ1v) is 5.18. The Morgan fingerprint density at radius 3 is 2.31 bits per heavy atom. The van der Waals surface area contributed by atoms with Crippen LogP contribution in [0.3, 0.4) is 0 Å². The summed E-state index contributed by atoms with van der Waals surface area (Å²) >= 11 is 0. The summed E-state index contributed by atoms with van der Waals surface area (Å²) in [5.41, 5.74) is 2.66. The van der Waals surface area contributed by atoms with Crippen molar-refractivity contribution in [3.8, 4) is 0 Å². The highest BCUT2D eigenvalue weighted by Crippen LogP contribution is 2.21. The molecule has 0 aromatic heterocycles. The second-order valence-corrected chi connectivity index (χ2v) is 3.95. The van der Waals surface area contributed by atoms with Crippen molar-refractivity contribution in [2.75, 3.05) is 14.1 Å². The fourth-order valence-corrected chi connectivity index (χ4v) is 1.35. The molecule has 0 atom stereocenters. The van der Waals surface area contributed by atoms with Crippen LogP contribution < -0.4 is 0 Å². The van der Waals surface area contributed by atoms with Crippen molar-refractivity contribution in [3.05, 3.63) is 53.8 Å². The minimum atomic E-state index is 0.249. The van der Waals surface area contributed by atoms with Crippen molar-refractivity contribution >= 4 is 11.8 Å². The van der Waals surface area contributed by atoms with E-state index in [9.17, 15) is 5.11 Å². The van der Waals surface area contributed by atoms with Crippen molar-refractivity contribution in [3.63, 3.8) is 0 Å². The molecule has 0 saturated carbocycles. The molecule has 0 radical (unpaired) electrons. The van der Waals surface area contributed by atoms with Gasteiger partial charge in [0.2, 0.25) is 6.21 Å². The van der Waals surface area contributed by atoms with E-state index in [1.54, 1.807) is 10.8 Å². The van der Waals surface area contributed by atoms with E-state index >= 15 is 0 Å². The third kappa shape index (κ3) is 3.09. The summed E-state index contributed by atoms with van der Waals surface area (Å²) in [4.78, 5) is 0. The molecule has 0 fully saturated rings. The monoisotopic (exact) mass is 216 g/mol. The molecule has 84 valence electrons. The van der Waals surface area contributed by atoms with Gasteiger partial charge >= 0.3 is 0 Å². The van der Waals surface area contributed by atoms with Crippen molar-refractivity contribution in [1.82, 2.24) is 0 Å². The van der Waals surface area contributed by atoms with Gasteiger partial charge in [0.15, 0.2) is 5.76 Å². The normalized spacial score (nSPS) is 11.7. The molecule has 0 aliphatic heterocycles. The van der Waals surface area contributed by atoms with Gasteiger partial charge in [-0.2, -0.15) is 0 Å². The Kier molecular flexibility index (Phi) is 4.06. The number of nitrogens with zero attached hydrogens (tertiary/aromatic N) is 1. The molecule has 0 heterocycles. The molecular weight excluding hydrogens is 198 g/mol. The number of hydrogen-bond acceptors (Lipinski definition) is 1. The smallest absolute Gasteiger partial charge is 0.205 e. The average Bonchev–Trinajstić information content (AvgIpc) is 2.27. The van der Waals surface area contributed by atoms with Gasteiger partial charge < -0.3 is 5.11 Å². The summed E-state index contributed by atoms with van der Waals surface area (Å²) in [7, 11) is 3.74. The predicted octanol–water partition coefficient (Wildman–Crippen LogP) is 2.87. The van der Waals surface area contributed by atoms with E-state index in [0.717, 1.165) is 16.7 Å². The van der Waals surface area contributed by atoms with E-state index < -0.39 is 0 Å². The Balaban J connectivity index is 3.04. The molecule has 1 rings (SSSR count). The molecule has 1 aromatic carbocycles. The van der Waals surface area contributed by atoms with E-state index in [1.807, 2.05) is 51.4 Å². The number of rotatable bonds is 3. The average molecular weight is 216 g/mol. The molecule has 1 aromatic rings. The SMILES string of the molecule is C=C(/C(C)=C(/O)C=[N+](C)C)c1ccccc1. The Morgan fingerprint density at radius 1 is 1.25 bits per heavy atom. The highest BCUT2D eigenvalue weighted by Gasteiger charge is 2.07. The van der Waals surface area contributed by atoms with Crippen molar-refractivity contribution in [1.29, 1.82) is 0 Å². The molecule has 16 heavy (non-hydrogen) atoms. The third-order valence-electron chi connectivity index (χ3n) is 2.34. The fourth-order valence-electron chi connectivity index (χ4n) is 1.35. The molecule has 0 unspecified atom stereocenters. The van der Waals surface area contributed by atoms with Crippen molar-refractivity contribution in [2.24, 2.45) is 0 Å². The lowest BCUT2D eigenvalue weighted by Crippen LogP contribution is -2.03. The van der Waals surface area contributed by atoms with Crippen molar-refractivity contribution in [2.45, 2.75) is 6.92 Å². The topological polar surface area (TPSA) is 23.2 Å². The molecule has 0 bridgehead atoms. The van der Waals surface area contributed by atoms with E-state index in [0.29, 0.717) is 0 Å². The maximum Gasteiger partial charge on any atom is 0.205 e. The van der Waals surface area contributed by atoms with E-state index in [4.69, 9.17) is 0 Å². The summed E-state index contributed by atoms with van der Waals surface area (Å²) in [5.74, 6) is 0.249. The van der Waals surface area contributed by atoms with Gasteiger partial charge in [-0.3, -0.25) is 0 Å². The highest BCUT2D eigenvalue weighted by molar-refractivity contribution is 5.84. The zero-order chi connectivity index (χ0) is 12.1.